The van der Waals surface area contributed by atoms with Gasteiger partial charge in [0.15, 0.2) is 0 Å². The average Bonchev–Trinajstić information content (AvgIpc) is 2.17. The van der Waals surface area contributed by atoms with Gasteiger partial charge in [-0.15, -0.1) is 11.8 Å². The number of rotatable bonds is 0. The van der Waals surface area contributed by atoms with Crippen LogP contribution in [0.5, 0.6) is 0 Å². The van der Waals surface area contributed by atoms with Crippen molar-refractivity contribution in [2.24, 2.45) is 0 Å². The number of carbonyl (C=O) groups excluding carboxylic acids is 1. The average molecular weight is 247 g/mol. The number of benzene rings is 1. The molecule has 1 amide bonds. The topological polar surface area (TPSA) is 29.1 Å². The molecule has 0 bridgehead atoms. The van der Waals surface area contributed by atoms with Crippen molar-refractivity contribution in [1.82, 2.24) is 0 Å². The van der Waals surface area contributed by atoms with Gasteiger partial charge in [-0.05, 0) is 25.1 Å². The first kappa shape index (κ1) is 11.3. The highest BCUT2D eigenvalue weighted by Crippen LogP contribution is 2.39. The number of fused-ring (bicyclic) bond motifs is 1. The second kappa shape index (κ2) is 3.69. The molecule has 16 heavy (non-hydrogen) atoms. The summed E-state index contributed by atoms with van der Waals surface area (Å²) in [6.07, 6.45) is -4.35. The molecule has 0 saturated heterocycles. The van der Waals surface area contributed by atoms with E-state index in [2.05, 4.69) is 5.32 Å². The van der Waals surface area contributed by atoms with Crippen LogP contribution in [0.25, 0.3) is 0 Å². The minimum Gasteiger partial charge on any atom is -0.324 e. The lowest BCUT2D eigenvalue weighted by atomic mass is 10.2. The molecule has 2 rings (SSSR count). The van der Waals surface area contributed by atoms with Crippen LogP contribution in [0, 0.1) is 0 Å². The fourth-order valence-corrected chi connectivity index (χ4v) is 2.37. The first-order valence-electron chi connectivity index (χ1n) is 4.56. The normalized spacial score (nSPS) is 20.2. The maximum atomic E-state index is 12.4. The van der Waals surface area contributed by atoms with Crippen molar-refractivity contribution >= 4 is 23.4 Å². The molecule has 0 aliphatic carbocycles. The fraction of sp³-hybridized carbons (Fsp3) is 0.300. The van der Waals surface area contributed by atoms with E-state index in [-0.39, 0.29) is 11.2 Å². The molecule has 1 N–H and O–H groups in total. The van der Waals surface area contributed by atoms with Gasteiger partial charge >= 0.3 is 6.18 Å². The predicted octanol–water partition coefficient (Wildman–Crippen LogP) is 3.14. The molecule has 0 unspecified atom stereocenters. The van der Waals surface area contributed by atoms with E-state index in [4.69, 9.17) is 0 Å². The number of carbonyl (C=O) groups is 1. The van der Waals surface area contributed by atoms with E-state index in [1.54, 1.807) is 6.92 Å². The van der Waals surface area contributed by atoms with E-state index in [1.165, 1.54) is 6.07 Å². The van der Waals surface area contributed by atoms with Gasteiger partial charge in [0.2, 0.25) is 5.91 Å². The van der Waals surface area contributed by atoms with Crippen LogP contribution in [-0.4, -0.2) is 11.2 Å². The highest BCUT2D eigenvalue weighted by atomic mass is 32.2. The molecule has 1 heterocycles. The Balaban J connectivity index is 2.40. The molecule has 0 radical (unpaired) electrons. The maximum Gasteiger partial charge on any atom is 0.416 e. The molecule has 1 aliphatic heterocycles. The Morgan fingerprint density at radius 1 is 1.38 bits per heavy atom. The number of anilines is 1. The molecule has 1 atom stereocenters. The number of thioether (sulfide) groups is 1. The molecule has 2 nitrogen and oxygen atoms in total. The second-order valence-corrected chi connectivity index (χ2v) is 4.84. The van der Waals surface area contributed by atoms with Crippen LogP contribution in [-0.2, 0) is 11.0 Å². The van der Waals surface area contributed by atoms with Crippen molar-refractivity contribution in [2.75, 3.05) is 5.32 Å². The molecule has 86 valence electrons. The Labute approximate surface area is 94.2 Å². The Kier molecular flexibility index (Phi) is 2.61. The molecule has 0 fully saturated rings. The van der Waals surface area contributed by atoms with Gasteiger partial charge in [0.05, 0.1) is 16.5 Å². The standard InChI is InChI=1S/C10H8F3NOS/c1-5-9(15)14-7-3-2-6(10(11,12)13)4-8(7)16-5/h2-5H,1H3,(H,14,15)/t5-/m0/s1. The number of amides is 1. The van der Waals surface area contributed by atoms with Crippen LogP contribution in [0.2, 0.25) is 0 Å². The van der Waals surface area contributed by atoms with Crippen molar-refractivity contribution in [3.05, 3.63) is 23.8 Å². The first-order valence-corrected chi connectivity index (χ1v) is 5.44. The number of hydrogen-bond acceptors (Lipinski definition) is 2. The van der Waals surface area contributed by atoms with Gasteiger partial charge < -0.3 is 5.32 Å². The monoisotopic (exact) mass is 247 g/mol. The summed E-state index contributed by atoms with van der Waals surface area (Å²) in [5.74, 6) is -0.183. The summed E-state index contributed by atoms with van der Waals surface area (Å²) < 4.78 is 37.3. The van der Waals surface area contributed by atoms with Gasteiger partial charge in [0, 0.05) is 4.90 Å². The summed E-state index contributed by atoms with van der Waals surface area (Å²) in [5, 5.41) is 2.20. The van der Waals surface area contributed by atoms with Crippen LogP contribution in [0.4, 0.5) is 18.9 Å². The summed E-state index contributed by atoms with van der Waals surface area (Å²) >= 11 is 1.14. The zero-order chi connectivity index (χ0) is 11.9. The summed E-state index contributed by atoms with van der Waals surface area (Å²) in [6.45, 7) is 1.66. The van der Waals surface area contributed by atoms with E-state index < -0.39 is 11.7 Å². The smallest absolute Gasteiger partial charge is 0.324 e. The van der Waals surface area contributed by atoms with Gasteiger partial charge in [0.25, 0.3) is 0 Å². The fourth-order valence-electron chi connectivity index (χ4n) is 1.38. The lowest BCUT2D eigenvalue weighted by Crippen LogP contribution is -2.26. The molecule has 6 heteroatoms. The molecule has 1 aromatic rings. The van der Waals surface area contributed by atoms with Crippen molar-refractivity contribution in [2.45, 2.75) is 23.2 Å². The third-order valence-corrected chi connectivity index (χ3v) is 3.40. The third kappa shape index (κ3) is 2.02. The Morgan fingerprint density at radius 3 is 2.69 bits per heavy atom. The molecular formula is C10H8F3NOS. The van der Waals surface area contributed by atoms with E-state index in [1.807, 2.05) is 0 Å². The lowest BCUT2D eigenvalue weighted by molar-refractivity contribution is -0.137. The highest BCUT2D eigenvalue weighted by Gasteiger charge is 2.32. The van der Waals surface area contributed by atoms with Crippen LogP contribution in [0.15, 0.2) is 23.1 Å². The van der Waals surface area contributed by atoms with Crippen molar-refractivity contribution in [3.63, 3.8) is 0 Å². The largest absolute Gasteiger partial charge is 0.416 e. The van der Waals surface area contributed by atoms with E-state index in [0.717, 1.165) is 23.9 Å². The van der Waals surface area contributed by atoms with Crippen LogP contribution < -0.4 is 5.32 Å². The van der Waals surface area contributed by atoms with Gasteiger partial charge in [0.1, 0.15) is 0 Å². The predicted molar refractivity (Wildman–Crippen MR) is 55.4 cm³/mol. The van der Waals surface area contributed by atoms with Gasteiger partial charge in [-0.2, -0.15) is 13.2 Å². The molecule has 1 aliphatic rings. The van der Waals surface area contributed by atoms with Crippen LogP contribution >= 0.6 is 11.8 Å². The van der Waals surface area contributed by atoms with Crippen LogP contribution in [0.3, 0.4) is 0 Å². The third-order valence-electron chi connectivity index (χ3n) is 2.24. The lowest BCUT2D eigenvalue weighted by Gasteiger charge is -2.22. The summed E-state index contributed by atoms with van der Waals surface area (Å²) in [5.41, 5.74) is -0.247. The summed E-state index contributed by atoms with van der Waals surface area (Å²) in [6, 6.07) is 3.32. The number of hydrogen-bond donors (Lipinski definition) is 1. The molecule has 0 saturated carbocycles. The van der Waals surface area contributed by atoms with Crippen molar-refractivity contribution < 1.29 is 18.0 Å². The summed E-state index contributed by atoms with van der Waals surface area (Å²) in [4.78, 5) is 11.7. The second-order valence-electron chi connectivity index (χ2n) is 3.46. The number of nitrogens with one attached hydrogen (secondary N) is 1. The SMILES string of the molecule is C[C@@H]1Sc2cc(C(F)(F)F)ccc2NC1=O. The first-order chi connectivity index (χ1) is 7.38. The van der Waals surface area contributed by atoms with E-state index >= 15 is 0 Å². The molecule has 1 aromatic carbocycles. The number of halogens is 3. The quantitative estimate of drug-likeness (QED) is 0.763. The minimum absolute atomic E-state index is 0.183. The number of alkyl halides is 3. The van der Waals surface area contributed by atoms with Crippen molar-refractivity contribution in [1.29, 1.82) is 0 Å². The van der Waals surface area contributed by atoms with Gasteiger partial charge in [-0.25, -0.2) is 0 Å². The van der Waals surface area contributed by atoms with Gasteiger partial charge in [-0.1, -0.05) is 0 Å². The molecular weight excluding hydrogens is 239 g/mol. The molecule has 0 spiro atoms. The van der Waals surface area contributed by atoms with Crippen molar-refractivity contribution in [3.8, 4) is 0 Å². The zero-order valence-corrected chi connectivity index (χ0v) is 9.08. The maximum absolute atomic E-state index is 12.4. The van der Waals surface area contributed by atoms with Gasteiger partial charge in [-0.3, -0.25) is 4.79 Å². The van der Waals surface area contributed by atoms with Crippen LogP contribution in [0.1, 0.15) is 12.5 Å². The zero-order valence-electron chi connectivity index (χ0n) is 8.26. The highest BCUT2D eigenvalue weighted by molar-refractivity contribution is 8.00. The van der Waals surface area contributed by atoms with E-state index in [0.29, 0.717) is 10.6 Å². The van der Waals surface area contributed by atoms with E-state index in [9.17, 15) is 18.0 Å². The Hall–Kier alpha value is -1.17. The Morgan fingerprint density at radius 2 is 2.06 bits per heavy atom. The molecule has 0 aromatic heterocycles. The minimum atomic E-state index is -4.35. The Bertz CT molecular complexity index is 444. The summed E-state index contributed by atoms with van der Waals surface area (Å²) in [7, 11) is 0.